The van der Waals surface area contributed by atoms with Crippen molar-refractivity contribution in [1.29, 1.82) is 0 Å². The molecule has 1 heteroatoms. The van der Waals surface area contributed by atoms with Crippen LogP contribution in [0.5, 0.6) is 0 Å². The Morgan fingerprint density at radius 3 is 2.45 bits per heavy atom. The molecular formula is C10H14Te. The molecule has 0 N–H and O–H groups in total. The van der Waals surface area contributed by atoms with Crippen molar-refractivity contribution in [3.05, 3.63) is 30.3 Å². The molecule has 0 bridgehead atoms. The van der Waals surface area contributed by atoms with Crippen LogP contribution in [-0.4, -0.2) is 20.9 Å². The number of benzene rings is 1. The average Bonchev–Trinajstić information content (AvgIpc) is 2.06. The summed E-state index contributed by atoms with van der Waals surface area (Å²) in [4.78, 5) is 0. The monoisotopic (exact) mass is 264 g/mol. The molecule has 1 aromatic carbocycles. The average molecular weight is 262 g/mol. The van der Waals surface area contributed by atoms with Crippen molar-refractivity contribution in [3.8, 4) is 0 Å². The summed E-state index contributed by atoms with van der Waals surface area (Å²) in [5.41, 5.74) is 0. The van der Waals surface area contributed by atoms with Crippen molar-refractivity contribution in [3.63, 3.8) is 0 Å². The van der Waals surface area contributed by atoms with Crippen LogP contribution in [0.15, 0.2) is 30.3 Å². The van der Waals surface area contributed by atoms with Crippen molar-refractivity contribution in [2.75, 3.05) is 0 Å². The topological polar surface area (TPSA) is 0 Å². The Balaban J connectivity index is 2.51. The number of hydrogen-bond donors (Lipinski definition) is 0. The molecular weight excluding hydrogens is 248 g/mol. The summed E-state index contributed by atoms with van der Waals surface area (Å²) < 4.78 is 2.54. The second-order valence-corrected chi connectivity index (χ2v) is 6.96. The molecule has 1 aromatic rings. The molecule has 0 aliphatic rings. The van der Waals surface area contributed by atoms with Crippen molar-refractivity contribution in [2.45, 2.75) is 24.2 Å². The second kappa shape index (κ2) is 4.80. The zero-order valence-electron chi connectivity index (χ0n) is 7.08. The first-order valence-corrected chi connectivity index (χ1v) is 6.55. The summed E-state index contributed by atoms with van der Waals surface area (Å²) in [5, 5.41) is 0. The molecule has 1 rings (SSSR count). The summed E-state index contributed by atoms with van der Waals surface area (Å²) in [5.74, 6) is 0. The molecule has 60 valence electrons. The molecule has 0 aromatic heterocycles. The van der Waals surface area contributed by atoms with E-state index >= 15 is 0 Å². The van der Waals surface area contributed by atoms with Gasteiger partial charge in [0.15, 0.2) is 0 Å². The first-order valence-electron chi connectivity index (χ1n) is 4.04. The Bertz CT molecular complexity index is 193. The van der Waals surface area contributed by atoms with Crippen molar-refractivity contribution < 1.29 is 0 Å². The first kappa shape index (κ1) is 9.10. The van der Waals surface area contributed by atoms with Crippen molar-refractivity contribution in [1.82, 2.24) is 0 Å². The molecule has 1 atom stereocenters. The van der Waals surface area contributed by atoms with Gasteiger partial charge in [-0.2, -0.15) is 0 Å². The molecule has 1 unspecified atom stereocenters. The number of rotatable bonds is 3. The van der Waals surface area contributed by atoms with Crippen LogP contribution in [0.4, 0.5) is 0 Å². The Labute approximate surface area is 79.1 Å². The zero-order valence-corrected chi connectivity index (χ0v) is 9.41. The van der Waals surface area contributed by atoms with E-state index in [1.54, 1.807) is 3.61 Å². The Kier molecular flexibility index (Phi) is 3.97. The van der Waals surface area contributed by atoms with E-state index in [9.17, 15) is 0 Å². The first-order chi connectivity index (χ1) is 5.33. The molecule has 11 heavy (non-hydrogen) atoms. The molecule has 0 saturated heterocycles. The molecule has 0 nitrogen and oxygen atoms in total. The van der Waals surface area contributed by atoms with Gasteiger partial charge in [0.2, 0.25) is 0 Å². The fourth-order valence-corrected chi connectivity index (χ4v) is 3.51. The molecule has 0 fully saturated rings. The van der Waals surface area contributed by atoms with Crippen LogP contribution in [0.25, 0.3) is 0 Å². The van der Waals surface area contributed by atoms with Crippen LogP contribution in [0.2, 0.25) is 3.97 Å². The van der Waals surface area contributed by atoms with Gasteiger partial charge >= 0.3 is 79.1 Å². The summed E-state index contributed by atoms with van der Waals surface area (Å²) >= 11 is 0.0902. The predicted octanol–water partition coefficient (Wildman–Crippen LogP) is 2.23. The van der Waals surface area contributed by atoms with Crippen molar-refractivity contribution >= 4 is 24.5 Å². The molecule has 0 heterocycles. The summed E-state index contributed by atoms with van der Waals surface area (Å²) in [7, 11) is 0. The fraction of sp³-hybridized carbons (Fsp3) is 0.400. The molecule has 0 spiro atoms. The maximum atomic E-state index is 2.36. The van der Waals surface area contributed by atoms with Gasteiger partial charge in [-0.1, -0.05) is 0 Å². The Morgan fingerprint density at radius 2 is 1.91 bits per heavy atom. The molecule has 0 aliphatic heterocycles. The minimum absolute atomic E-state index is 0.0902. The van der Waals surface area contributed by atoms with Gasteiger partial charge in [-0.3, -0.25) is 0 Å². The third-order valence-corrected chi connectivity index (χ3v) is 5.31. The van der Waals surface area contributed by atoms with Crippen LogP contribution in [0.3, 0.4) is 0 Å². The van der Waals surface area contributed by atoms with Crippen LogP contribution < -0.4 is 3.61 Å². The SMILES string of the molecule is CCC(C)[Te]c1ccccc1. The van der Waals surface area contributed by atoms with E-state index in [2.05, 4.69) is 44.2 Å². The standard InChI is InChI=1S/C10H14Te/c1-3-9(2)11-10-7-5-4-6-8-10/h4-9H,3H2,1-2H3. The Hall–Kier alpha value is 0.00961. The van der Waals surface area contributed by atoms with Crippen molar-refractivity contribution in [2.24, 2.45) is 0 Å². The van der Waals surface area contributed by atoms with Gasteiger partial charge < -0.3 is 0 Å². The maximum absolute atomic E-state index is 2.36. The van der Waals surface area contributed by atoms with Gasteiger partial charge in [0.05, 0.1) is 0 Å². The number of hydrogen-bond acceptors (Lipinski definition) is 0. The molecule has 0 amide bonds. The van der Waals surface area contributed by atoms with E-state index < -0.39 is 0 Å². The minimum atomic E-state index is 0.0902. The van der Waals surface area contributed by atoms with Crippen LogP contribution in [0, 0.1) is 0 Å². The second-order valence-electron chi connectivity index (χ2n) is 2.65. The van der Waals surface area contributed by atoms with E-state index in [1.165, 1.54) is 6.42 Å². The van der Waals surface area contributed by atoms with E-state index in [0.29, 0.717) is 0 Å². The van der Waals surface area contributed by atoms with Gasteiger partial charge in [0.25, 0.3) is 0 Å². The van der Waals surface area contributed by atoms with Gasteiger partial charge in [-0.05, 0) is 0 Å². The van der Waals surface area contributed by atoms with Gasteiger partial charge in [0, 0.05) is 0 Å². The van der Waals surface area contributed by atoms with Crippen LogP contribution >= 0.6 is 0 Å². The van der Waals surface area contributed by atoms with Gasteiger partial charge in [-0.15, -0.1) is 0 Å². The summed E-state index contributed by atoms with van der Waals surface area (Å²) in [6.45, 7) is 4.63. The van der Waals surface area contributed by atoms with E-state index in [1.807, 2.05) is 0 Å². The van der Waals surface area contributed by atoms with Crippen LogP contribution in [-0.2, 0) is 0 Å². The van der Waals surface area contributed by atoms with Gasteiger partial charge in [-0.25, -0.2) is 0 Å². The summed E-state index contributed by atoms with van der Waals surface area (Å²) in [6.07, 6.45) is 1.33. The van der Waals surface area contributed by atoms with Gasteiger partial charge in [0.1, 0.15) is 0 Å². The molecule has 0 aliphatic carbocycles. The Morgan fingerprint density at radius 1 is 1.27 bits per heavy atom. The van der Waals surface area contributed by atoms with E-state index in [-0.39, 0.29) is 20.9 Å². The predicted molar refractivity (Wildman–Crippen MR) is 51.5 cm³/mol. The summed E-state index contributed by atoms with van der Waals surface area (Å²) in [6, 6.07) is 10.9. The quantitative estimate of drug-likeness (QED) is 0.732. The molecule has 0 radical (unpaired) electrons. The van der Waals surface area contributed by atoms with E-state index in [0.717, 1.165) is 3.97 Å². The molecule has 0 saturated carbocycles. The zero-order chi connectivity index (χ0) is 8.10. The van der Waals surface area contributed by atoms with E-state index in [4.69, 9.17) is 0 Å². The third-order valence-electron chi connectivity index (χ3n) is 1.66. The van der Waals surface area contributed by atoms with Crippen LogP contribution in [0.1, 0.15) is 20.3 Å². The fourth-order valence-electron chi connectivity index (χ4n) is 0.815. The third kappa shape index (κ3) is 3.27. The normalized spacial score (nSPS) is 12.9.